The van der Waals surface area contributed by atoms with Gasteiger partial charge >= 0.3 is 6.03 Å². The number of rotatable bonds is 6. The largest absolute Gasteiger partial charge is 0.368 e. The van der Waals surface area contributed by atoms with Gasteiger partial charge in [0.2, 0.25) is 0 Å². The third-order valence-corrected chi connectivity index (χ3v) is 5.48. The Morgan fingerprint density at radius 2 is 1.96 bits per heavy atom. The maximum Gasteiger partial charge on any atom is 0.317 e. The van der Waals surface area contributed by atoms with Gasteiger partial charge in [-0.05, 0) is 50.3 Å². The smallest absolute Gasteiger partial charge is 0.317 e. The van der Waals surface area contributed by atoms with Gasteiger partial charge in [0, 0.05) is 31.4 Å². The third kappa shape index (κ3) is 5.45. The Balaban J connectivity index is 1.52. The van der Waals surface area contributed by atoms with Crippen LogP contribution in [0.2, 0.25) is 0 Å². The first-order valence-electron chi connectivity index (χ1n) is 10.2. The molecule has 1 heterocycles. The molecule has 148 valence electrons. The first-order chi connectivity index (χ1) is 13.2. The van der Waals surface area contributed by atoms with Crippen LogP contribution in [0.5, 0.6) is 0 Å². The van der Waals surface area contributed by atoms with E-state index in [1.165, 1.54) is 19.3 Å². The van der Waals surface area contributed by atoms with E-state index in [4.69, 9.17) is 4.74 Å². The van der Waals surface area contributed by atoms with E-state index in [1.807, 2.05) is 36.1 Å². The van der Waals surface area contributed by atoms with Crippen molar-refractivity contribution in [1.82, 2.24) is 10.2 Å². The first kappa shape index (κ1) is 19.7. The molecule has 27 heavy (non-hydrogen) atoms. The number of anilines is 1. The Labute approximate surface area is 161 Å². The van der Waals surface area contributed by atoms with Crippen LogP contribution in [0.15, 0.2) is 24.3 Å². The average molecular weight is 373 g/mol. The predicted octanol–water partition coefficient (Wildman–Crippen LogP) is 3.67. The van der Waals surface area contributed by atoms with Crippen molar-refractivity contribution >= 4 is 17.6 Å². The highest BCUT2D eigenvalue weighted by molar-refractivity contribution is 5.94. The van der Waals surface area contributed by atoms with Gasteiger partial charge in [-0.25, -0.2) is 4.79 Å². The summed E-state index contributed by atoms with van der Waals surface area (Å²) in [6.07, 6.45) is 7.26. The minimum absolute atomic E-state index is 0.00167. The average Bonchev–Trinajstić information content (AvgIpc) is 3.23. The number of carbonyl (C=O) groups is 2. The lowest BCUT2D eigenvalue weighted by atomic mass is 9.94. The summed E-state index contributed by atoms with van der Waals surface area (Å²) in [5.74, 6) is -0.0943. The first-order valence-corrected chi connectivity index (χ1v) is 10.2. The molecule has 1 aliphatic carbocycles. The molecule has 1 aliphatic heterocycles. The number of hydrogen-bond donors (Lipinski definition) is 2. The van der Waals surface area contributed by atoms with Crippen LogP contribution in [0.3, 0.4) is 0 Å². The molecule has 1 aromatic carbocycles. The van der Waals surface area contributed by atoms with Crippen LogP contribution in [-0.4, -0.2) is 42.1 Å². The monoisotopic (exact) mass is 373 g/mol. The number of benzene rings is 1. The summed E-state index contributed by atoms with van der Waals surface area (Å²) in [4.78, 5) is 26.8. The summed E-state index contributed by atoms with van der Waals surface area (Å²) in [6.45, 7) is 3.87. The van der Waals surface area contributed by atoms with Gasteiger partial charge in [-0.3, -0.25) is 4.79 Å². The fourth-order valence-electron chi connectivity index (χ4n) is 4.01. The molecule has 2 aliphatic rings. The summed E-state index contributed by atoms with van der Waals surface area (Å²) in [5, 5.41) is 5.94. The third-order valence-electron chi connectivity index (χ3n) is 5.48. The molecule has 6 nitrogen and oxygen atoms in total. The molecule has 1 saturated carbocycles. The van der Waals surface area contributed by atoms with E-state index in [0.717, 1.165) is 43.5 Å². The zero-order valence-electron chi connectivity index (χ0n) is 16.2. The summed E-state index contributed by atoms with van der Waals surface area (Å²) < 4.78 is 5.42. The van der Waals surface area contributed by atoms with Crippen molar-refractivity contribution in [3.8, 4) is 0 Å². The van der Waals surface area contributed by atoms with E-state index in [1.54, 1.807) is 0 Å². The van der Waals surface area contributed by atoms with Crippen LogP contribution >= 0.6 is 0 Å². The fraction of sp³-hybridized carbons (Fsp3) is 0.619. The highest BCUT2D eigenvalue weighted by Crippen LogP contribution is 2.22. The van der Waals surface area contributed by atoms with Crippen LogP contribution in [-0.2, 0) is 16.1 Å². The van der Waals surface area contributed by atoms with Crippen molar-refractivity contribution in [1.29, 1.82) is 0 Å². The van der Waals surface area contributed by atoms with Gasteiger partial charge in [0.05, 0.1) is 0 Å². The van der Waals surface area contributed by atoms with Crippen molar-refractivity contribution in [2.24, 2.45) is 0 Å². The number of hydrogen-bond acceptors (Lipinski definition) is 3. The summed E-state index contributed by atoms with van der Waals surface area (Å²) >= 11 is 0. The molecule has 3 amide bonds. The molecule has 0 radical (unpaired) electrons. The molecule has 1 saturated heterocycles. The Hall–Kier alpha value is -2.08. The highest BCUT2D eigenvalue weighted by Gasteiger charge is 2.24. The maximum absolute atomic E-state index is 12.6. The molecule has 1 unspecified atom stereocenters. The summed E-state index contributed by atoms with van der Waals surface area (Å²) in [5.41, 5.74) is 1.70. The Morgan fingerprint density at radius 1 is 1.15 bits per heavy atom. The van der Waals surface area contributed by atoms with Crippen molar-refractivity contribution in [3.05, 3.63) is 29.8 Å². The molecule has 6 heteroatoms. The van der Waals surface area contributed by atoms with Crippen LogP contribution < -0.4 is 10.6 Å². The van der Waals surface area contributed by atoms with Crippen molar-refractivity contribution in [2.45, 2.75) is 70.6 Å². The standard InChI is InChI=1S/C21H31N3O3/c1-2-24(18-10-4-3-5-11-18)21(26)22-15-16-8-6-9-17(14-16)23-20(25)19-12-7-13-27-19/h6,8-9,14,18-19H,2-5,7,10-13,15H2,1H3,(H,22,26)(H,23,25). The van der Waals surface area contributed by atoms with Gasteiger partial charge in [0.15, 0.2) is 0 Å². The van der Waals surface area contributed by atoms with E-state index in [0.29, 0.717) is 19.2 Å². The minimum atomic E-state index is -0.345. The lowest BCUT2D eigenvalue weighted by Gasteiger charge is -2.33. The van der Waals surface area contributed by atoms with Gasteiger partial charge in [-0.15, -0.1) is 0 Å². The minimum Gasteiger partial charge on any atom is -0.368 e. The lowest BCUT2D eigenvalue weighted by Crippen LogP contribution is -2.46. The Bertz CT molecular complexity index is 637. The summed E-state index contributed by atoms with van der Waals surface area (Å²) in [7, 11) is 0. The van der Waals surface area contributed by atoms with Crippen molar-refractivity contribution in [3.63, 3.8) is 0 Å². The van der Waals surface area contributed by atoms with Crippen LogP contribution in [0.4, 0.5) is 10.5 Å². The van der Waals surface area contributed by atoms with E-state index >= 15 is 0 Å². The molecule has 1 atom stereocenters. The zero-order valence-corrected chi connectivity index (χ0v) is 16.2. The maximum atomic E-state index is 12.6. The number of urea groups is 1. The van der Waals surface area contributed by atoms with E-state index in [9.17, 15) is 9.59 Å². The van der Waals surface area contributed by atoms with E-state index in [-0.39, 0.29) is 18.0 Å². The van der Waals surface area contributed by atoms with Gasteiger partial charge in [0.1, 0.15) is 6.10 Å². The highest BCUT2D eigenvalue weighted by atomic mass is 16.5. The molecule has 0 spiro atoms. The quantitative estimate of drug-likeness (QED) is 0.799. The van der Waals surface area contributed by atoms with Gasteiger partial charge in [0.25, 0.3) is 5.91 Å². The van der Waals surface area contributed by atoms with Gasteiger partial charge in [-0.1, -0.05) is 31.4 Å². The Morgan fingerprint density at radius 3 is 2.67 bits per heavy atom. The van der Waals surface area contributed by atoms with Crippen LogP contribution in [0, 0.1) is 0 Å². The zero-order chi connectivity index (χ0) is 19.1. The molecule has 1 aromatic rings. The van der Waals surface area contributed by atoms with E-state index < -0.39 is 0 Å². The molecule has 2 N–H and O–H groups in total. The number of carbonyl (C=O) groups excluding carboxylic acids is 2. The fourth-order valence-corrected chi connectivity index (χ4v) is 4.01. The Kier molecular flexibility index (Phi) is 7.10. The van der Waals surface area contributed by atoms with E-state index in [2.05, 4.69) is 10.6 Å². The predicted molar refractivity (Wildman–Crippen MR) is 106 cm³/mol. The molecule has 3 rings (SSSR count). The molecule has 0 bridgehead atoms. The second-order valence-corrected chi connectivity index (χ2v) is 7.43. The normalized spacial score (nSPS) is 20.3. The number of ether oxygens (including phenoxy) is 1. The molecular formula is C21H31N3O3. The number of nitrogens with zero attached hydrogens (tertiary/aromatic N) is 1. The summed E-state index contributed by atoms with van der Waals surface area (Å²) in [6, 6.07) is 7.98. The van der Waals surface area contributed by atoms with Crippen LogP contribution in [0.25, 0.3) is 0 Å². The SMILES string of the molecule is CCN(C(=O)NCc1cccc(NC(=O)C2CCCO2)c1)C1CCCCC1. The van der Waals surface area contributed by atoms with Gasteiger partial charge < -0.3 is 20.3 Å². The topological polar surface area (TPSA) is 70.7 Å². The van der Waals surface area contributed by atoms with Crippen LogP contribution in [0.1, 0.15) is 57.4 Å². The number of amides is 3. The van der Waals surface area contributed by atoms with Gasteiger partial charge in [-0.2, -0.15) is 0 Å². The molecule has 2 fully saturated rings. The number of nitrogens with one attached hydrogen (secondary N) is 2. The lowest BCUT2D eigenvalue weighted by molar-refractivity contribution is -0.124. The molecule has 0 aromatic heterocycles. The second-order valence-electron chi connectivity index (χ2n) is 7.43. The van der Waals surface area contributed by atoms with Crippen molar-refractivity contribution in [2.75, 3.05) is 18.5 Å². The molecular weight excluding hydrogens is 342 g/mol. The van der Waals surface area contributed by atoms with Crippen molar-refractivity contribution < 1.29 is 14.3 Å². The second kappa shape index (κ2) is 9.74.